The van der Waals surface area contributed by atoms with Gasteiger partial charge >= 0.3 is 0 Å². The molecule has 2 aromatic heterocycles. The highest BCUT2D eigenvalue weighted by Crippen LogP contribution is 2.30. The summed E-state index contributed by atoms with van der Waals surface area (Å²) in [5.41, 5.74) is 2.29. The van der Waals surface area contributed by atoms with Crippen LogP contribution < -0.4 is 4.90 Å². The molecular formula is C20H24FN5. The van der Waals surface area contributed by atoms with Crippen LogP contribution in [0.15, 0.2) is 42.6 Å². The highest BCUT2D eigenvalue weighted by atomic mass is 19.1. The Kier molecular flexibility index (Phi) is 4.49. The molecule has 1 fully saturated rings. The van der Waals surface area contributed by atoms with Crippen molar-refractivity contribution in [3.05, 3.63) is 54.0 Å². The zero-order valence-electron chi connectivity index (χ0n) is 15.3. The van der Waals surface area contributed by atoms with E-state index in [0.29, 0.717) is 5.92 Å². The molecule has 26 heavy (non-hydrogen) atoms. The van der Waals surface area contributed by atoms with Crippen LogP contribution in [-0.4, -0.2) is 32.4 Å². The fraction of sp³-hybridized carbons (Fsp3) is 0.400. The Hall–Kier alpha value is -2.63. The largest absolute Gasteiger partial charge is 0.348 e. The molecule has 0 spiro atoms. The molecule has 136 valence electrons. The summed E-state index contributed by atoms with van der Waals surface area (Å²) in [5.74, 6) is 2.10. The third-order valence-electron chi connectivity index (χ3n) is 5.38. The van der Waals surface area contributed by atoms with Crippen LogP contribution in [0.5, 0.6) is 0 Å². The van der Waals surface area contributed by atoms with Gasteiger partial charge in [-0.3, -0.25) is 4.57 Å². The predicted octanol–water partition coefficient (Wildman–Crippen LogP) is 3.73. The number of nitrogens with zero attached hydrogens (tertiary/aromatic N) is 5. The molecule has 1 aliphatic heterocycles. The SMILES string of the molecule is Cn1cccc1-c1nnc(N2CCCC(c3ccc(F)cc3)CC2)n1C. The fourth-order valence-corrected chi connectivity index (χ4v) is 3.88. The molecular weight excluding hydrogens is 329 g/mol. The van der Waals surface area contributed by atoms with Gasteiger partial charge < -0.3 is 9.47 Å². The molecule has 1 saturated heterocycles. The van der Waals surface area contributed by atoms with Crippen LogP contribution in [0, 0.1) is 5.82 Å². The van der Waals surface area contributed by atoms with Gasteiger partial charge in [0, 0.05) is 33.4 Å². The molecule has 4 rings (SSSR count). The number of anilines is 1. The topological polar surface area (TPSA) is 38.9 Å². The maximum atomic E-state index is 13.2. The molecule has 0 N–H and O–H groups in total. The van der Waals surface area contributed by atoms with Crippen LogP contribution in [-0.2, 0) is 14.1 Å². The van der Waals surface area contributed by atoms with E-state index in [0.717, 1.165) is 49.8 Å². The van der Waals surface area contributed by atoms with Crippen LogP contribution in [0.2, 0.25) is 0 Å². The summed E-state index contributed by atoms with van der Waals surface area (Å²) in [7, 11) is 4.04. The number of rotatable bonds is 3. The quantitative estimate of drug-likeness (QED) is 0.720. The summed E-state index contributed by atoms with van der Waals surface area (Å²) in [6.07, 6.45) is 5.26. The van der Waals surface area contributed by atoms with E-state index < -0.39 is 0 Å². The molecule has 1 aromatic carbocycles. The minimum atomic E-state index is -0.170. The number of aryl methyl sites for hydroxylation is 1. The summed E-state index contributed by atoms with van der Waals surface area (Å²) in [4.78, 5) is 2.32. The van der Waals surface area contributed by atoms with Crippen LogP contribution in [0.3, 0.4) is 0 Å². The van der Waals surface area contributed by atoms with E-state index in [1.165, 1.54) is 5.56 Å². The number of aromatic nitrogens is 4. The smallest absolute Gasteiger partial charge is 0.227 e. The lowest BCUT2D eigenvalue weighted by Gasteiger charge is -2.21. The van der Waals surface area contributed by atoms with Crippen molar-refractivity contribution in [2.24, 2.45) is 14.1 Å². The monoisotopic (exact) mass is 353 g/mol. The van der Waals surface area contributed by atoms with Crippen molar-refractivity contribution in [1.29, 1.82) is 0 Å². The summed E-state index contributed by atoms with van der Waals surface area (Å²) < 4.78 is 17.3. The summed E-state index contributed by atoms with van der Waals surface area (Å²) in [5, 5.41) is 8.88. The van der Waals surface area contributed by atoms with Gasteiger partial charge in [0.25, 0.3) is 0 Å². The van der Waals surface area contributed by atoms with Crippen molar-refractivity contribution < 1.29 is 4.39 Å². The van der Waals surface area contributed by atoms with Gasteiger partial charge in [0.05, 0.1) is 5.69 Å². The Labute approximate surface area is 153 Å². The van der Waals surface area contributed by atoms with E-state index >= 15 is 0 Å². The first-order chi connectivity index (χ1) is 12.6. The minimum Gasteiger partial charge on any atom is -0.348 e. The number of hydrogen-bond acceptors (Lipinski definition) is 3. The maximum Gasteiger partial charge on any atom is 0.227 e. The lowest BCUT2D eigenvalue weighted by atomic mass is 9.92. The lowest BCUT2D eigenvalue weighted by Crippen LogP contribution is -2.27. The number of halogens is 1. The zero-order chi connectivity index (χ0) is 18.1. The van der Waals surface area contributed by atoms with E-state index in [-0.39, 0.29) is 5.82 Å². The molecule has 3 aromatic rings. The second kappa shape index (κ2) is 6.94. The zero-order valence-corrected chi connectivity index (χ0v) is 15.3. The molecule has 0 aliphatic carbocycles. The molecule has 1 atom stereocenters. The van der Waals surface area contributed by atoms with Crippen molar-refractivity contribution in [3.8, 4) is 11.5 Å². The van der Waals surface area contributed by atoms with Gasteiger partial charge in [-0.15, -0.1) is 10.2 Å². The van der Waals surface area contributed by atoms with E-state index in [1.54, 1.807) is 12.1 Å². The van der Waals surface area contributed by atoms with Gasteiger partial charge in [-0.2, -0.15) is 0 Å². The first kappa shape index (κ1) is 16.8. The van der Waals surface area contributed by atoms with Gasteiger partial charge in [-0.1, -0.05) is 12.1 Å². The third-order valence-corrected chi connectivity index (χ3v) is 5.38. The number of benzene rings is 1. The highest BCUT2D eigenvalue weighted by molar-refractivity contribution is 5.54. The molecule has 1 unspecified atom stereocenters. The summed E-state index contributed by atoms with van der Waals surface area (Å²) >= 11 is 0. The Morgan fingerprint density at radius 1 is 1.00 bits per heavy atom. The van der Waals surface area contributed by atoms with Crippen LogP contribution in [0.25, 0.3) is 11.5 Å². The molecule has 1 aliphatic rings. The number of hydrogen-bond donors (Lipinski definition) is 0. The van der Waals surface area contributed by atoms with E-state index in [9.17, 15) is 4.39 Å². The van der Waals surface area contributed by atoms with Crippen LogP contribution in [0.1, 0.15) is 30.7 Å². The van der Waals surface area contributed by atoms with Crippen molar-refractivity contribution in [2.75, 3.05) is 18.0 Å². The van der Waals surface area contributed by atoms with Gasteiger partial charge in [0.2, 0.25) is 5.95 Å². The second-order valence-corrected chi connectivity index (χ2v) is 7.05. The standard InChI is InChI=1S/C20H24FN5/c1-24-12-4-6-18(24)19-22-23-20(25(19)2)26-13-3-5-15(11-14-26)16-7-9-17(21)10-8-16/h4,6-10,12,15H,3,5,11,13-14H2,1-2H3. The first-order valence-corrected chi connectivity index (χ1v) is 9.15. The molecule has 6 heteroatoms. The average molecular weight is 353 g/mol. The molecule has 0 radical (unpaired) electrons. The van der Waals surface area contributed by atoms with Gasteiger partial charge in [-0.05, 0) is 55.0 Å². The van der Waals surface area contributed by atoms with Gasteiger partial charge in [0.1, 0.15) is 5.82 Å². The van der Waals surface area contributed by atoms with Gasteiger partial charge in [-0.25, -0.2) is 4.39 Å². The van der Waals surface area contributed by atoms with E-state index in [4.69, 9.17) is 0 Å². The Balaban J connectivity index is 1.52. The fourth-order valence-electron chi connectivity index (χ4n) is 3.88. The summed E-state index contributed by atoms with van der Waals surface area (Å²) in [6, 6.07) is 11.0. The van der Waals surface area contributed by atoms with E-state index in [1.807, 2.05) is 38.5 Å². The Morgan fingerprint density at radius 2 is 1.81 bits per heavy atom. The predicted molar refractivity (Wildman–Crippen MR) is 101 cm³/mol. The second-order valence-electron chi connectivity index (χ2n) is 7.05. The Bertz CT molecular complexity index is 880. The molecule has 5 nitrogen and oxygen atoms in total. The van der Waals surface area contributed by atoms with Crippen molar-refractivity contribution >= 4 is 5.95 Å². The lowest BCUT2D eigenvalue weighted by molar-refractivity contribution is 0.601. The van der Waals surface area contributed by atoms with Crippen LogP contribution in [0.4, 0.5) is 10.3 Å². The van der Waals surface area contributed by atoms with Crippen molar-refractivity contribution in [2.45, 2.75) is 25.2 Å². The normalized spacial score (nSPS) is 18.1. The molecule has 0 saturated carbocycles. The Morgan fingerprint density at radius 3 is 2.54 bits per heavy atom. The van der Waals surface area contributed by atoms with E-state index in [2.05, 4.69) is 30.3 Å². The molecule has 0 amide bonds. The average Bonchev–Trinajstić information content (AvgIpc) is 3.13. The summed E-state index contributed by atoms with van der Waals surface area (Å²) in [6.45, 7) is 1.90. The van der Waals surface area contributed by atoms with Crippen molar-refractivity contribution in [3.63, 3.8) is 0 Å². The van der Waals surface area contributed by atoms with Crippen molar-refractivity contribution in [1.82, 2.24) is 19.3 Å². The first-order valence-electron chi connectivity index (χ1n) is 9.15. The van der Waals surface area contributed by atoms with Crippen LogP contribution >= 0.6 is 0 Å². The third kappa shape index (κ3) is 3.11. The molecule has 0 bridgehead atoms. The minimum absolute atomic E-state index is 0.170. The maximum absolute atomic E-state index is 13.2. The van der Waals surface area contributed by atoms with Gasteiger partial charge in [0.15, 0.2) is 5.82 Å². The highest BCUT2D eigenvalue weighted by Gasteiger charge is 2.23. The molecule has 3 heterocycles.